The Morgan fingerprint density at radius 3 is 2.23 bits per heavy atom. The second-order valence-electron chi connectivity index (χ2n) is 6.08. The molecule has 0 saturated heterocycles. The highest BCUT2D eigenvalue weighted by molar-refractivity contribution is 7.89. The highest BCUT2D eigenvalue weighted by atomic mass is 35.5. The van der Waals surface area contributed by atoms with E-state index < -0.39 is 34.5 Å². The lowest BCUT2D eigenvalue weighted by molar-refractivity contribution is -0.148. The maximum absolute atomic E-state index is 12.3. The number of hydrogen-bond acceptors (Lipinski definition) is 6. The molecule has 0 atom stereocenters. The van der Waals surface area contributed by atoms with Crippen LogP contribution in [-0.4, -0.2) is 39.5 Å². The Morgan fingerprint density at radius 1 is 0.935 bits per heavy atom. The van der Waals surface area contributed by atoms with E-state index in [1.807, 2.05) is 23.5 Å². The number of imide groups is 1. The normalized spacial score (nSPS) is 10.9. The fourth-order valence-corrected chi connectivity index (χ4v) is 4.47. The zero-order chi connectivity index (χ0) is 22.9. The molecule has 0 aliphatic rings. The summed E-state index contributed by atoms with van der Waals surface area (Å²) in [5.74, 6) is -1.67. The molecule has 9 nitrogen and oxygen atoms in total. The SMILES string of the molecule is O=C(COC(=O)CCNS(=O)(=O)c1c(Cl)cccc1Cl)NC(=O)NCc1ccccc1. The lowest BCUT2D eigenvalue weighted by Gasteiger charge is -2.10. The molecule has 3 N–H and O–H groups in total. The second kappa shape index (κ2) is 11.7. The van der Waals surface area contributed by atoms with E-state index in [1.165, 1.54) is 18.2 Å². The third-order valence-corrected chi connectivity index (χ3v) is 6.14. The van der Waals surface area contributed by atoms with Gasteiger partial charge in [-0.3, -0.25) is 14.9 Å². The van der Waals surface area contributed by atoms with Gasteiger partial charge in [-0.05, 0) is 17.7 Å². The number of benzene rings is 2. The summed E-state index contributed by atoms with van der Waals surface area (Å²) < 4.78 is 31.4. The molecule has 31 heavy (non-hydrogen) atoms. The number of rotatable bonds is 9. The monoisotopic (exact) mass is 487 g/mol. The van der Waals surface area contributed by atoms with Crippen LogP contribution in [0.15, 0.2) is 53.4 Å². The average molecular weight is 488 g/mol. The van der Waals surface area contributed by atoms with Crippen molar-refractivity contribution >= 4 is 51.1 Å². The molecule has 2 rings (SSSR count). The van der Waals surface area contributed by atoms with Gasteiger partial charge in [-0.25, -0.2) is 17.9 Å². The molecule has 2 aromatic rings. The van der Waals surface area contributed by atoms with Crippen LogP contribution < -0.4 is 15.4 Å². The number of hydrogen-bond donors (Lipinski definition) is 3. The third-order valence-electron chi connectivity index (χ3n) is 3.72. The van der Waals surface area contributed by atoms with Crippen molar-refractivity contribution in [3.05, 3.63) is 64.1 Å². The van der Waals surface area contributed by atoms with Crippen LogP contribution in [0.2, 0.25) is 10.0 Å². The zero-order valence-corrected chi connectivity index (χ0v) is 18.4. The van der Waals surface area contributed by atoms with Crippen molar-refractivity contribution in [3.8, 4) is 0 Å². The molecule has 0 saturated carbocycles. The van der Waals surface area contributed by atoms with Crippen LogP contribution in [0, 0.1) is 0 Å². The largest absolute Gasteiger partial charge is 0.456 e. The molecule has 0 aromatic heterocycles. The molecule has 0 aliphatic carbocycles. The minimum atomic E-state index is -4.05. The molecule has 2 aromatic carbocycles. The lowest BCUT2D eigenvalue weighted by atomic mass is 10.2. The lowest BCUT2D eigenvalue weighted by Crippen LogP contribution is -2.41. The van der Waals surface area contributed by atoms with E-state index in [2.05, 4.69) is 10.0 Å². The first-order chi connectivity index (χ1) is 14.7. The van der Waals surface area contributed by atoms with Crippen LogP contribution in [0.1, 0.15) is 12.0 Å². The third kappa shape index (κ3) is 8.18. The maximum atomic E-state index is 12.3. The van der Waals surface area contributed by atoms with Crippen molar-refractivity contribution in [3.63, 3.8) is 0 Å². The summed E-state index contributed by atoms with van der Waals surface area (Å²) in [5, 5.41) is 4.37. The van der Waals surface area contributed by atoms with Crippen LogP contribution in [0.4, 0.5) is 4.79 Å². The number of sulfonamides is 1. The van der Waals surface area contributed by atoms with Crippen molar-refractivity contribution in [1.29, 1.82) is 0 Å². The molecule has 0 radical (unpaired) electrons. The Labute approximate surface area is 189 Å². The van der Waals surface area contributed by atoms with Gasteiger partial charge in [0.15, 0.2) is 6.61 Å². The van der Waals surface area contributed by atoms with Gasteiger partial charge >= 0.3 is 12.0 Å². The van der Waals surface area contributed by atoms with Crippen molar-refractivity contribution < 1.29 is 27.5 Å². The van der Waals surface area contributed by atoms with E-state index in [0.717, 1.165) is 5.56 Å². The van der Waals surface area contributed by atoms with Crippen molar-refractivity contribution in [2.75, 3.05) is 13.2 Å². The van der Waals surface area contributed by atoms with Gasteiger partial charge in [0, 0.05) is 13.1 Å². The molecule has 166 valence electrons. The Kier molecular flexibility index (Phi) is 9.25. The van der Waals surface area contributed by atoms with Gasteiger partial charge in [-0.2, -0.15) is 0 Å². The molecule has 0 fully saturated rings. The molecular formula is C19H19Cl2N3O6S. The minimum absolute atomic E-state index is 0.0650. The second-order valence-corrected chi connectivity index (χ2v) is 8.59. The smallest absolute Gasteiger partial charge is 0.321 e. The van der Waals surface area contributed by atoms with Gasteiger partial charge in [-0.15, -0.1) is 0 Å². The van der Waals surface area contributed by atoms with Crippen molar-refractivity contribution in [1.82, 2.24) is 15.4 Å². The van der Waals surface area contributed by atoms with E-state index in [9.17, 15) is 22.8 Å². The van der Waals surface area contributed by atoms with Crippen LogP contribution in [-0.2, 0) is 30.9 Å². The number of halogens is 2. The van der Waals surface area contributed by atoms with Crippen molar-refractivity contribution in [2.45, 2.75) is 17.9 Å². The number of nitrogens with one attached hydrogen (secondary N) is 3. The van der Waals surface area contributed by atoms with Gasteiger partial charge in [0.1, 0.15) is 4.90 Å². The number of carbonyl (C=O) groups excluding carboxylic acids is 3. The summed E-state index contributed by atoms with van der Waals surface area (Å²) in [6.45, 7) is -0.780. The molecule has 12 heteroatoms. The summed E-state index contributed by atoms with van der Waals surface area (Å²) in [4.78, 5) is 34.7. The first-order valence-electron chi connectivity index (χ1n) is 8.90. The van der Waals surface area contributed by atoms with E-state index in [-0.39, 0.29) is 34.5 Å². The standard InChI is InChI=1S/C19H19Cl2N3O6S/c20-14-7-4-8-15(21)18(14)31(28,29)23-10-9-17(26)30-12-16(25)24-19(27)22-11-13-5-2-1-3-6-13/h1-8,23H,9-12H2,(H2,22,24,25,27). The topological polar surface area (TPSA) is 131 Å². The number of amides is 3. The van der Waals surface area contributed by atoms with E-state index in [4.69, 9.17) is 27.9 Å². The molecule has 0 bridgehead atoms. The Hall–Kier alpha value is -2.66. The van der Waals surface area contributed by atoms with Gasteiger partial charge in [0.25, 0.3) is 5.91 Å². The van der Waals surface area contributed by atoms with Crippen LogP contribution in [0.5, 0.6) is 0 Å². The maximum Gasteiger partial charge on any atom is 0.321 e. The summed E-state index contributed by atoms with van der Waals surface area (Å²) in [6.07, 6.45) is -0.352. The summed E-state index contributed by atoms with van der Waals surface area (Å²) in [7, 11) is -4.05. The predicted octanol–water partition coefficient (Wildman–Crippen LogP) is 2.23. The Morgan fingerprint density at radius 2 is 1.58 bits per heavy atom. The minimum Gasteiger partial charge on any atom is -0.456 e. The molecule has 3 amide bonds. The van der Waals surface area contributed by atoms with Crippen LogP contribution in [0.3, 0.4) is 0 Å². The summed E-state index contributed by atoms with van der Waals surface area (Å²) in [6, 6.07) is 12.5. The number of ether oxygens (including phenoxy) is 1. The van der Waals surface area contributed by atoms with Crippen LogP contribution in [0.25, 0.3) is 0 Å². The number of carbonyl (C=O) groups is 3. The van der Waals surface area contributed by atoms with Crippen molar-refractivity contribution in [2.24, 2.45) is 0 Å². The van der Waals surface area contributed by atoms with E-state index >= 15 is 0 Å². The Bertz CT molecular complexity index is 1030. The quantitative estimate of drug-likeness (QED) is 0.464. The predicted molar refractivity (Wildman–Crippen MR) is 114 cm³/mol. The van der Waals surface area contributed by atoms with E-state index in [0.29, 0.717) is 0 Å². The first kappa shape index (κ1) is 24.6. The highest BCUT2D eigenvalue weighted by Gasteiger charge is 2.21. The average Bonchev–Trinajstić information content (AvgIpc) is 2.71. The van der Waals surface area contributed by atoms with Gasteiger partial charge in [-0.1, -0.05) is 59.6 Å². The first-order valence-corrected chi connectivity index (χ1v) is 11.1. The molecule has 0 spiro atoms. The zero-order valence-electron chi connectivity index (χ0n) is 16.1. The summed E-state index contributed by atoms with van der Waals surface area (Å²) >= 11 is 11.7. The number of esters is 1. The molecule has 0 heterocycles. The fourth-order valence-electron chi connectivity index (χ4n) is 2.30. The van der Waals surface area contributed by atoms with Gasteiger partial charge in [0.2, 0.25) is 10.0 Å². The Balaban J connectivity index is 1.69. The number of urea groups is 1. The van der Waals surface area contributed by atoms with E-state index in [1.54, 1.807) is 12.1 Å². The van der Waals surface area contributed by atoms with Gasteiger partial charge in [0.05, 0.1) is 16.5 Å². The fraction of sp³-hybridized carbons (Fsp3) is 0.211. The molecule has 0 unspecified atom stereocenters. The van der Waals surface area contributed by atoms with Gasteiger partial charge < -0.3 is 10.1 Å². The molecule has 0 aliphatic heterocycles. The molecular weight excluding hydrogens is 469 g/mol. The van der Waals surface area contributed by atoms with Crippen LogP contribution >= 0.6 is 23.2 Å². The highest BCUT2D eigenvalue weighted by Crippen LogP contribution is 2.28. The summed E-state index contributed by atoms with van der Waals surface area (Å²) in [5.41, 5.74) is 0.844.